The van der Waals surface area contributed by atoms with Crippen molar-refractivity contribution in [3.8, 4) is 33.6 Å². The Kier molecular flexibility index (Phi) is 7.22. The van der Waals surface area contributed by atoms with E-state index in [9.17, 15) is 4.79 Å². The minimum Gasteiger partial charge on any atom is -0.493 e. The summed E-state index contributed by atoms with van der Waals surface area (Å²) in [6, 6.07) is 22.4. The van der Waals surface area contributed by atoms with Crippen molar-refractivity contribution < 1.29 is 19.0 Å². The third kappa shape index (κ3) is 5.70. The van der Waals surface area contributed by atoms with Gasteiger partial charge in [-0.15, -0.1) is 11.3 Å². The largest absolute Gasteiger partial charge is 0.493 e. The normalized spacial score (nSPS) is 10.5. The van der Waals surface area contributed by atoms with Crippen molar-refractivity contribution in [1.82, 2.24) is 4.98 Å². The molecule has 4 rings (SSSR count). The fourth-order valence-electron chi connectivity index (χ4n) is 3.24. The predicted molar refractivity (Wildman–Crippen MR) is 131 cm³/mol. The van der Waals surface area contributed by atoms with E-state index in [1.807, 2.05) is 60.8 Å². The molecule has 0 aliphatic heterocycles. The quantitative estimate of drug-likeness (QED) is 0.322. The Balaban J connectivity index is 1.37. The molecule has 4 aromatic rings. The zero-order valence-electron chi connectivity index (χ0n) is 18.4. The number of carbonyl (C=O) groups excluding carboxylic acids is 1. The van der Waals surface area contributed by atoms with Crippen LogP contribution in [0.4, 0.5) is 5.69 Å². The Morgan fingerprint density at radius 1 is 0.939 bits per heavy atom. The van der Waals surface area contributed by atoms with E-state index in [1.54, 1.807) is 31.4 Å². The summed E-state index contributed by atoms with van der Waals surface area (Å²) in [7, 11) is 1.60. The first-order valence-electron chi connectivity index (χ1n) is 10.5. The number of thiazole rings is 1. The summed E-state index contributed by atoms with van der Waals surface area (Å²) in [5.74, 6) is 2.59. The zero-order valence-corrected chi connectivity index (χ0v) is 19.2. The molecular formula is C26H24N2O4S. The lowest BCUT2D eigenvalue weighted by atomic mass is 10.2. The molecule has 3 aromatic carbocycles. The highest BCUT2D eigenvalue weighted by Gasteiger charge is 2.13. The lowest BCUT2D eigenvalue weighted by molar-refractivity contribution is -0.115. The fourth-order valence-corrected chi connectivity index (χ4v) is 4.09. The third-order valence-electron chi connectivity index (χ3n) is 4.75. The Bertz CT molecular complexity index is 1220. The molecule has 0 saturated carbocycles. The van der Waals surface area contributed by atoms with Crippen LogP contribution in [0.25, 0.3) is 10.6 Å². The molecule has 0 spiro atoms. The van der Waals surface area contributed by atoms with E-state index >= 15 is 0 Å². The second kappa shape index (κ2) is 10.7. The number of hydrogen-bond donors (Lipinski definition) is 1. The van der Waals surface area contributed by atoms with E-state index in [0.29, 0.717) is 29.5 Å². The topological polar surface area (TPSA) is 69.7 Å². The number of hydrogen-bond acceptors (Lipinski definition) is 6. The van der Waals surface area contributed by atoms with Gasteiger partial charge < -0.3 is 19.5 Å². The summed E-state index contributed by atoms with van der Waals surface area (Å²) in [6.07, 6.45) is 0.187. The number of benzene rings is 3. The van der Waals surface area contributed by atoms with Crippen molar-refractivity contribution in [1.29, 1.82) is 0 Å². The molecule has 0 radical (unpaired) electrons. The Labute approximate surface area is 196 Å². The van der Waals surface area contributed by atoms with Crippen LogP contribution in [0.1, 0.15) is 12.6 Å². The van der Waals surface area contributed by atoms with Gasteiger partial charge in [0.25, 0.3) is 0 Å². The van der Waals surface area contributed by atoms with Gasteiger partial charge in [0.15, 0.2) is 11.5 Å². The number of nitrogens with one attached hydrogen (secondary N) is 1. The van der Waals surface area contributed by atoms with Crippen LogP contribution in [-0.2, 0) is 11.2 Å². The van der Waals surface area contributed by atoms with Gasteiger partial charge in [0, 0.05) is 11.1 Å². The molecule has 1 heterocycles. The Hall–Kier alpha value is -3.84. The first-order chi connectivity index (χ1) is 16.2. The molecule has 33 heavy (non-hydrogen) atoms. The molecule has 0 aliphatic carbocycles. The number of nitrogens with zero attached hydrogens (tertiary/aromatic N) is 1. The predicted octanol–water partition coefficient (Wildman–Crippen LogP) is 6.19. The smallest absolute Gasteiger partial charge is 0.230 e. The van der Waals surface area contributed by atoms with Gasteiger partial charge in [0.1, 0.15) is 16.5 Å². The molecule has 168 valence electrons. The third-order valence-corrected chi connectivity index (χ3v) is 5.67. The van der Waals surface area contributed by atoms with Crippen molar-refractivity contribution in [2.75, 3.05) is 19.0 Å². The summed E-state index contributed by atoms with van der Waals surface area (Å²) < 4.78 is 16.9. The maximum Gasteiger partial charge on any atom is 0.230 e. The van der Waals surface area contributed by atoms with Gasteiger partial charge in [-0.05, 0) is 55.5 Å². The summed E-state index contributed by atoms with van der Waals surface area (Å²) in [4.78, 5) is 17.2. The lowest BCUT2D eigenvalue weighted by Crippen LogP contribution is -2.14. The highest BCUT2D eigenvalue weighted by Crippen LogP contribution is 2.33. The molecule has 6 nitrogen and oxygen atoms in total. The first kappa shape index (κ1) is 22.4. The number of rotatable bonds is 9. The van der Waals surface area contributed by atoms with Gasteiger partial charge in [0.05, 0.1) is 31.4 Å². The van der Waals surface area contributed by atoms with Crippen molar-refractivity contribution in [2.24, 2.45) is 0 Å². The van der Waals surface area contributed by atoms with Crippen LogP contribution in [0, 0.1) is 0 Å². The Morgan fingerprint density at radius 3 is 2.36 bits per heavy atom. The van der Waals surface area contributed by atoms with Crippen molar-refractivity contribution in [3.63, 3.8) is 0 Å². The molecule has 0 aliphatic rings. The molecule has 0 bridgehead atoms. The molecular weight excluding hydrogens is 436 g/mol. The molecule has 0 fully saturated rings. The minimum absolute atomic E-state index is 0.136. The summed E-state index contributed by atoms with van der Waals surface area (Å²) in [5.41, 5.74) is 2.33. The lowest BCUT2D eigenvalue weighted by Gasteiger charge is -2.10. The van der Waals surface area contributed by atoms with Crippen LogP contribution in [0.15, 0.2) is 78.2 Å². The average molecular weight is 461 g/mol. The van der Waals surface area contributed by atoms with Crippen molar-refractivity contribution in [2.45, 2.75) is 13.3 Å². The summed E-state index contributed by atoms with van der Waals surface area (Å²) in [6.45, 7) is 2.53. The maximum atomic E-state index is 12.5. The van der Waals surface area contributed by atoms with Gasteiger partial charge in [-0.2, -0.15) is 0 Å². The standard InChI is InChI=1S/C26H24N2O4S/c1-3-31-22-9-5-4-8-21(22)26-28-19(17-33-26)16-25(29)27-18-12-14-20(15-13-18)32-24-11-7-6-10-23(24)30-2/h4-15,17H,3,16H2,1-2H3,(H,27,29). The van der Waals surface area contributed by atoms with E-state index < -0.39 is 0 Å². The van der Waals surface area contributed by atoms with Gasteiger partial charge >= 0.3 is 0 Å². The number of anilines is 1. The van der Waals surface area contributed by atoms with Gasteiger partial charge in [-0.25, -0.2) is 4.98 Å². The summed E-state index contributed by atoms with van der Waals surface area (Å²) >= 11 is 1.50. The van der Waals surface area contributed by atoms with E-state index in [-0.39, 0.29) is 12.3 Å². The number of ether oxygens (including phenoxy) is 3. The SMILES string of the molecule is CCOc1ccccc1-c1nc(CC(=O)Nc2ccc(Oc3ccccc3OC)cc2)cs1. The average Bonchev–Trinajstić information content (AvgIpc) is 3.29. The molecule has 1 aromatic heterocycles. The molecule has 1 amide bonds. The van der Waals surface area contributed by atoms with Crippen LogP contribution in [0.5, 0.6) is 23.0 Å². The van der Waals surface area contributed by atoms with E-state index in [1.165, 1.54) is 11.3 Å². The molecule has 1 N–H and O–H groups in total. The van der Waals surface area contributed by atoms with Crippen LogP contribution in [0.3, 0.4) is 0 Å². The van der Waals surface area contributed by atoms with E-state index in [4.69, 9.17) is 14.2 Å². The second-order valence-electron chi connectivity index (χ2n) is 7.08. The van der Waals surface area contributed by atoms with E-state index in [2.05, 4.69) is 10.3 Å². The van der Waals surface area contributed by atoms with Crippen molar-refractivity contribution in [3.05, 3.63) is 83.9 Å². The molecule has 0 saturated heterocycles. The second-order valence-corrected chi connectivity index (χ2v) is 7.93. The maximum absolute atomic E-state index is 12.5. The number of amides is 1. The number of para-hydroxylation sites is 3. The number of aromatic nitrogens is 1. The highest BCUT2D eigenvalue weighted by molar-refractivity contribution is 7.13. The van der Waals surface area contributed by atoms with E-state index in [0.717, 1.165) is 22.0 Å². The number of carbonyl (C=O) groups is 1. The van der Waals surface area contributed by atoms with Gasteiger partial charge in [-0.1, -0.05) is 24.3 Å². The first-order valence-corrected chi connectivity index (χ1v) is 11.4. The van der Waals surface area contributed by atoms with Crippen molar-refractivity contribution >= 4 is 22.9 Å². The molecule has 7 heteroatoms. The zero-order chi connectivity index (χ0) is 23.0. The summed E-state index contributed by atoms with van der Waals surface area (Å²) in [5, 5.41) is 5.64. The fraction of sp³-hybridized carbons (Fsp3) is 0.154. The highest BCUT2D eigenvalue weighted by atomic mass is 32.1. The van der Waals surface area contributed by atoms with Crippen LogP contribution in [0.2, 0.25) is 0 Å². The number of methoxy groups -OCH3 is 1. The molecule has 0 atom stereocenters. The van der Waals surface area contributed by atoms with Gasteiger partial charge in [-0.3, -0.25) is 4.79 Å². The van der Waals surface area contributed by atoms with Crippen LogP contribution >= 0.6 is 11.3 Å². The van der Waals surface area contributed by atoms with Gasteiger partial charge in [0.2, 0.25) is 5.91 Å². The minimum atomic E-state index is -0.136. The van der Waals surface area contributed by atoms with Crippen LogP contribution in [-0.4, -0.2) is 24.6 Å². The monoisotopic (exact) mass is 460 g/mol. The molecule has 0 unspecified atom stereocenters. The Morgan fingerprint density at radius 2 is 1.64 bits per heavy atom. The van der Waals surface area contributed by atoms with Crippen LogP contribution < -0.4 is 19.5 Å².